The number of benzene rings is 1. The van der Waals surface area contributed by atoms with Gasteiger partial charge in [0.1, 0.15) is 11.7 Å². The van der Waals surface area contributed by atoms with E-state index in [1.54, 1.807) is 6.07 Å². The molecule has 0 fully saturated rings. The molecule has 0 atom stereocenters. The Morgan fingerprint density at radius 2 is 2.28 bits per heavy atom. The zero-order valence-corrected chi connectivity index (χ0v) is 11.1. The molecular weight excluding hydrogens is 305 g/mol. The van der Waals surface area contributed by atoms with Crippen molar-refractivity contribution >= 4 is 27.7 Å². The normalized spacial score (nSPS) is 11.3. The molecule has 0 spiro atoms. The van der Waals surface area contributed by atoms with Crippen molar-refractivity contribution in [1.82, 2.24) is 5.32 Å². The Hall–Kier alpha value is -1.63. The van der Waals surface area contributed by atoms with Gasteiger partial charge in [-0.1, -0.05) is 11.2 Å². The van der Waals surface area contributed by atoms with Gasteiger partial charge < -0.3 is 16.3 Å². The Bertz CT molecular complexity index is 466. The van der Waals surface area contributed by atoms with E-state index in [1.165, 1.54) is 12.1 Å². The molecule has 1 amide bonds. The van der Waals surface area contributed by atoms with E-state index < -0.39 is 11.7 Å². The minimum Gasteiger partial charge on any atom is -0.409 e. The lowest BCUT2D eigenvalue weighted by Crippen LogP contribution is -2.26. The van der Waals surface area contributed by atoms with E-state index in [4.69, 9.17) is 10.9 Å². The molecule has 7 heteroatoms. The molecule has 0 saturated carbocycles. The number of carbonyl (C=O) groups is 1. The van der Waals surface area contributed by atoms with Crippen LogP contribution in [0.5, 0.6) is 0 Å². The molecule has 0 bridgehead atoms. The Morgan fingerprint density at radius 3 is 2.94 bits per heavy atom. The molecule has 4 N–H and O–H groups in total. The lowest BCUT2D eigenvalue weighted by Gasteiger charge is -2.06. The number of rotatable bonds is 5. The molecule has 1 aromatic carbocycles. The van der Waals surface area contributed by atoms with Crippen LogP contribution in [-0.4, -0.2) is 23.5 Å². The fraction of sp³-hybridized carbons (Fsp3) is 0.273. The smallest absolute Gasteiger partial charge is 0.254 e. The van der Waals surface area contributed by atoms with Gasteiger partial charge in [0.15, 0.2) is 0 Å². The third-order valence-electron chi connectivity index (χ3n) is 2.22. The molecule has 0 radical (unpaired) electrons. The Kier molecular flexibility index (Phi) is 5.57. The number of amidine groups is 1. The first-order valence-corrected chi connectivity index (χ1v) is 6.04. The summed E-state index contributed by atoms with van der Waals surface area (Å²) in [7, 11) is 0. The SMILES string of the molecule is N/C(CCCNC(=O)c1cccc(Br)c1F)=N/O. The number of carbonyl (C=O) groups excluding carboxylic acids is 1. The van der Waals surface area contributed by atoms with E-state index in [-0.39, 0.29) is 15.9 Å². The standard InChI is InChI=1S/C11H13BrFN3O2/c12-8-4-1-3-7(10(8)13)11(17)15-6-2-5-9(14)16-18/h1,3-4,18H,2,5-6H2,(H2,14,16)(H,15,17). The number of amides is 1. The number of nitrogens with zero attached hydrogens (tertiary/aromatic N) is 1. The average Bonchev–Trinajstić information content (AvgIpc) is 2.37. The van der Waals surface area contributed by atoms with Gasteiger partial charge in [-0.2, -0.15) is 0 Å². The van der Waals surface area contributed by atoms with Gasteiger partial charge in [0, 0.05) is 13.0 Å². The summed E-state index contributed by atoms with van der Waals surface area (Å²) in [4.78, 5) is 11.6. The topological polar surface area (TPSA) is 87.7 Å². The number of halogens is 2. The molecule has 0 aliphatic rings. The maximum absolute atomic E-state index is 13.6. The van der Waals surface area contributed by atoms with Crippen molar-refractivity contribution in [1.29, 1.82) is 0 Å². The van der Waals surface area contributed by atoms with Crippen molar-refractivity contribution in [2.45, 2.75) is 12.8 Å². The third-order valence-corrected chi connectivity index (χ3v) is 2.83. The van der Waals surface area contributed by atoms with Gasteiger partial charge in [0.05, 0.1) is 10.0 Å². The predicted molar refractivity (Wildman–Crippen MR) is 69.1 cm³/mol. The summed E-state index contributed by atoms with van der Waals surface area (Å²) in [5.41, 5.74) is 5.25. The lowest BCUT2D eigenvalue weighted by atomic mass is 10.2. The first-order chi connectivity index (χ1) is 8.56. The minimum absolute atomic E-state index is 0.0202. The zero-order chi connectivity index (χ0) is 13.5. The van der Waals surface area contributed by atoms with E-state index in [0.717, 1.165) is 0 Å². The minimum atomic E-state index is -0.591. The molecule has 18 heavy (non-hydrogen) atoms. The summed E-state index contributed by atoms with van der Waals surface area (Å²) in [6.07, 6.45) is 0.870. The lowest BCUT2D eigenvalue weighted by molar-refractivity contribution is 0.0949. The molecule has 98 valence electrons. The molecule has 1 aromatic rings. The van der Waals surface area contributed by atoms with Gasteiger partial charge in [0.2, 0.25) is 0 Å². The monoisotopic (exact) mass is 317 g/mol. The summed E-state index contributed by atoms with van der Waals surface area (Å²) in [6.45, 7) is 0.320. The largest absolute Gasteiger partial charge is 0.409 e. The van der Waals surface area contributed by atoms with E-state index in [2.05, 4.69) is 26.4 Å². The van der Waals surface area contributed by atoms with Crippen LogP contribution in [0.3, 0.4) is 0 Å². The Balaban J connectivity index is 2.49. The first-order valence-electron chi connectivity index (χ1n) is 5.25. The van der Waals surface area contributed by atoms with Gasteiger partial charge in [-0.3, -0.25) is 4.79 Å². The number of oxime groups is 1. The van der Waals surface area contributed by atoms with Crippen LogP contribution >= 0.6 is 15.9 Å². The maximum atomic E-state index is 13.6. The van der Waals surface area contributed by atoms with Crippen LogP contribution in [0.2, 0.25) is 0 Å². The second-order valence-corrected chi connectivity index (χ2v) is 4.41. The number of hydrogen-bond donors (Lipinski definition) is 3. The van der Waals surface area contributed by atoms with Gasteiger partial charge in [-0.05, 0) is 34.5 Å². The van der Waals surface area contributed by atoms with Crippen molar-refractivity contribution in [3.63, 3.8) is 0 Å². The summed E-state index contributed by atoms with van der Waals surface area (Å²) < 4.78 is 13.8. The van der Waals surface area contributed by atoms with Gasteiger partial charge >= 0.3 is 0 Å². The number of hydrogen-bond acceptors (Lipinski definition) is 3. The van der Waals surface area contributed by atoms with Crippen LogP contribution in [0, 0.1) is 5.82 Å². The van der Waals surface area contributed by atoms with Crippen LogP contribution in [0.1, 0.15) is 23.2 Å². The van der Waals surface area contributed by atoms with Crippen LogP contribution in [0.15, 0.2) is 27.8 Å². The highest BCUT2D eigenvalue weighted by atomic mass is 79.9. The number of nitrogens with two attached hydrogens (primary N) is 1. The zero-order valence-electron chi connectivity index (χ0n) is 9.49. The highest BCUT2D eigenvalue weighted by molar-refractivity contribution is 9.10. The van der Waals surface area contributed by atoms with Crippen LogP contribution in [-0.2, 0) is 0 Å². The van der Waals surface area contributed by atoms with Crippen molar-refractivity contribution in [2.75, 3.05) is 6.54 Å². The van der Waals surface area contributed by atoms with E-state index in [1.807, 2.05) is 0 Å². The van der Waals surface area contributed by atoms with Gasteiger partial charge in [0.25, 0.3) is 5.91 Å². The quantitative estimate of drug-likeness (QED) is 0.254. The van der Waals surface area contributed by atoms with Crippen molar-refractivity contribution in [3.05, 3.63) is 34.1 Å². The van der Waals surface area contributed by atoms with Crippen molar-refractivity contribution in [3.8, 4) is 0 Å². The fourth-order valence-electron chi connectivity index (χ4n) is 1.30. The molecule has 0 aliphatic carbocycles. The second-order valence-electron chi connectivity index (χ2n) is 3.55. The van der Waals surface area contributed by atoms with Crippen molar-refractivity contribution < 1.29 is 14.4 Å². The molecule has 0 aliphatic heterocycles. The van der Waals surface area contributed by atoms with Gasteiger partial charge in [-0.25, -0.2) is 4.39 Å². The highest BCUT2D eigenvalue weighted by Gasteiger charge is 2.12. The fourth-order valence-corrected chi connectivity index (χ4v) is 1.66. The van der Waals surface area contributed by atoms with E-state index in [0.29, 0.717) is 19.4 Å². The summed E-state index contributed by atoms with van der Waals surface area (Å²) in [5, 5.41) is 13.7. The molecule has 0 unspecified atom stereocenters. The molecule has 5 nitrogen and oxygen atoms in total. The number of nitrogens with one attached hydrogen (secondary N) is 1. The van der Waals surface area contributed by atoms with E-state index in [9.17, 15) is 9.18 Å². The average molecular weight is 318 g/mol. The Labute approximate surface area is 112 Å². The summed E-state index contributed by atoms with van der Waals surface area (Å²) >= 11 is 3.01. The molecular formula is C11H13BrFN3O2. The first kappa shape index (κ1) is 14.4. The van der Waals surface area contributed by atoms with Crippen LogP contribution < -0.4 is 11.1 Å². The molecule has 1 rings (SSSR count). The van der Waals surface area contributed by atoms with Crippen LogP contribution in [0.4, 0.5) is 4.39 Å². The predicted octanol–water partition coefficient (Wildman–Crippen LogP) is 1.84. The molecule has 0 heterocycles. The summed E-state index contributed by atoms with van der Waals surface area (Å²) in [5.74, 6) is -0.988. The molecule has 0 saturated heterocycles. The second kappa shape index (κ2) is 6.95. The van der Waals surface area contributed by atoms with E-state index >= 15 is 0 Å². The van der Waals surface area contributed by atoms with Crippen LogP contribution in [0.25, 0.3) is 0 Å². The van der Waals surface area contributed by atoms with Crippen molar-refractivity contribution in [2.24, 2.45) is 10.9 Å². The summed E-state index contributed by atoms with van der Waals surface area (Å²) in [6, 6.07) is 4.50. The van der Waals surface area contributed by atoms with Gasteiger partial charge in [-0.15, -0.1) is 0 Å². The highest BCUT2D eigenvalue weighted by Crippen LogP contribution is 2.18. The Morgan fingerprint density at radius 1 is 1.56 bits per heavy atom. The maximum Gasteiger partial charge on any atom is 0.254 e. The third kappa shape index (κ3) is 3.99. The molecule has 0 aromatic heterocycles.